The third kappa shape index (κ3) is 4.61. The number of carbonyl (C=O) groups excluding carboxylic acids is 1. The van der Waals surface area contributed by atoms with Crippen LogP contribution in [0.1, 0.15) is 21.5 Å². The van der Waals surface area contributed by atoms with Crippen molar-refractivity contribution < 1.29 is 19.2 Å². The Morgan fingerprint density at radius 3 is 2.43 bits per heavy atom. The van der Waals surface area contributed by atoms with Gasteiger partial charge in [0.05, 0.1) is 43.6 Å². The summed E-state index contributed by atoms with van der Waals surface area (Å²) in [6.07, 6.45) is 0. The number of quaternary nitrogens is 1. The average molecular weight is 500 g/mol. The molecule has 188 valence electrons. The molecule has 0 unspecified atom stereocenters. The van der Waals surface area contributed by atoms with Gasteiger partial charge in [-0.15, -0.1) is 0 Å². The van der Waals surface area contributed by atoms with E-state index in [4.69, 9.17) is 9.47 Å². The Kier molecular flexibility index (Phi) is 5.97. The molecule has 9 nitrogen and oxygen atoms in total. The Morgan fingerprint density at radius 1 is 0.892 bits per heavy atom. The predicted molar refractivity (Wildman–Crippen MR) is 137 cm³/mol. The van der Waals surface area contributed by atoms with Crippen LogP contribution in [0.2, 0.25) is 0 Å². The Bertz CT molecular complexity index is 1580. The number of H-pyrrole nitrogens is 1. The van der Waals surface area contributed by atoms with Gasteiger partial charge in [0.15, 0.2) is 11.5 Å². The van der Waals surface area contributed by atoms with Crippen molar-refractivity contribution in [3.05, 3.63) is 104 Å². The Balaban J connectivity index is 1.08. The van der Waals surface area contributed by atoms with Crippen LogP contribution in [0.5, 0.6) is 11.5 Å². The monoisotopic (exact) mass is 499 g/mol. The second-order valence-electron chi connectivity index (χ2n) is 9.47. The number of ether oxygens (including phenoxy) is 2. The first-order chi connectivity index (χ1) is 18.0. The summed E-state index contributed by atoms with van der Waals surface area (Å²) in [6.45, 7) is 4.38. The third-order valence-corrected chi connectivity index (χ3v) is 7.08. The van der Waals surface area contributed by atoms with E-state index in [0.717, 1.165) is 36.7 Å². The van der Waals surface area contributed by atoms with Crippen LogP contribution in [0.3, 0.4) is 0 Å². The first-order valence-corrected chi connectivity index (χ1v) is 12.4. The molecule has 9 heteroatoms. The van der Waals surface area contributed by atoms with Crippen molar-refractivity contribution in [1.29, 1.82) is 0 Å². The Hall–Kier alpha value is -4.37. The number of hydrogen-bond donors (Lipinski definition) is 2. The molecule has 2 N–H and O–H groups in total. The maximum absolute atomic E-state index is 13.1. The molecule has 0 atom stereocenters. The summed E-state index contributed by atoms with van der Waals surface area (Å²) in [4.78, 5) is 44.4. The zero-order valence-corrected chi connectivity index (χ0v) is 20.2. The van der Waals surface area contributed by atoms with E-state index in [9.17, 15) is 14.4 Å². The molecule has 37 heavy (non-hydrogen) atoms. The van der Waals surface area contributed by atoms with Gasteiger partial charge >= 0.3 is 5.69 Å². The largest absolute Gasteiger partial charge is 0.454 e. The summed E-state index contributed by atoms with van der Waals surface area (Å²) in [7, 11) is 0. The van der Waals surface area contributed by atoms with Crippen LogP contribution in [0.4, 0.5) is 0 Å². The number of para-hydroxylation sites is 1. The van der Waals surface area contributed by atoms with E-state index < -0.39 is 5.69 Å². The highest BCUT2D eigenvalue weighted by molar-refractivity contribution is 5.94. The molecule has 0 spiro atoms. The van der Waals surface area contributed by atoms with Gasteiger partial charge in [0.25, 0.3) is 11.5 Å². The summed E-state index contributed by atoms with van der Waals surface area (Å²) in [5, 5.41) is 0.466. The van der Waals surface area contributed by atoms with Gasteiger partial charge in [-0.05, 0) is 48.0 Å². The number of benzene rings is 3. The number of nitrogens with zero attached hydrogens (tertiary/aromatic N) is 2. The molecule has 6 rings (SSSR count). The van der Waals surface area contributed by atoms with E-state index >= 15 is 0 Å². The molecule has 0 saturated carbocycles. The van der Waals surface area contributed by atoms with Crippen LogP contribution < -0.4 is 25.6 Å². The first kappa shape index (κ1) is 23.1. The first-order valence-electron chi connectivity index (χ1n) is 12.4. The molecule has 0 radical (unpaired) electrons. The highest BCUT2D eigenvalue weighted by Gasteiger charge is 2.25. The van der Waals surface area contributed by atoms with E-state index in [-0.39, 0.29) is 24.8 Å². The Morgan fingerprint density at radius 2 is 1.62 bits per heavy atom. The van der Waals surface area contributed by atoms with Gasteiger partial charge in [-0.2, -0.15) is 0 Å². The molecule has 0 aliphatic carbocycles. The molecule has 1 aromatic heterocycles. The van der Waals surface area contributed by atoms with E-state index in [1.807, 2.05) is 17.0 Å². The van der Waals surface area contributed by atoms with Gasteiger partial charge in [-0.3, -0.25) is 14.2 Å². The van der Waals surface area contributed by atoms with Crippen molar-refractivity contribution in [2.24, 2.45) is 0 Å². The van der Waals surface area contributed by atoms with Crippen LogP contribution >= 0.6 is 0 Å². The highest BCUT2D eigenvalue weighted by Crippen LogP contribution is 2.32. The van der Waals surface area contributed by atoms with Crippen molar-refractivity contribution in [2.75, 3.05) is 33.0 Å². The maximum atomic E-state index is 13.1. The minimum atomic E-state index is -0.454. The lowest BCUT2D eigenvalue weighted by Crippen LogP contribution is -3.13. The lowest BCUT2D eigenvalue weighted by atomic mass is 10.1. The van der Waals surface area contributed by atoms with E-state index in [0.29, 0.717) is 29.6 Å². The molecular formula is C28H27N4O5+. The quantitative estimate of drug-likeness (QED) is 0.427. The average Bonchev–Trinajstić information content (AvgIpc) is 3.39. The number of aromatic amines is 1. The standard InChI is InChI=1S/C28H26N4O5/c33-26(31-13-11-30(12-14-31)16-20-7-10-24-25(15-20)37-18-36-24)21-8-5-19(6-9-21)17-32-27(34)22-3-1-2-4-23(22)29-28(32)35/h1-10,15H,11-14,16-18H2,(H,29,35)/p+1. The van der Waals surface area contributed by atoms with Crippen molar-refractivity contribution in [3.63, 3.8) is 0 Å². The second kappa shape index (κ2) is 9.59. The number of nitrogens with one attached hydrogen (secondary N) is 2. The molecule has 1 saturated heterocycles. The minimum Gasteiger partial charge on any atom is -0.454 e. The normalized spacial score (nSPS) is 15.3. The SMILES string of the molecule is O=C(c1ccc(Cn2c(=O)[nH]c3ccccc3c2=O)cc1)N1CC[NH+](Cc2ccc3c(c2)OCO3)CC1. The van der Waals surface area contributed by atoms with Crippen LogP contribution in [0.25, 0.3) is 10.9 Å². The molecular weight excluding hydrogens is 472 g/mol. The lowest BCUT2D eigenvalue weighted by molar-refractivity contribution is -0.917. The number of rotatable bonds is 5. The van der Waals surface area contributed by atoms with Gasteiger partial charge in [0, 0.05) is 11.1 Å². The van der Waals surface area contributed by atoms with Crippen molar-refractivity contribution in [2.45, 2.75) is 13.1 Å². The van der Waals surface area contributed by atoms with Crippen molar-refractivity contribution >= 4 is 16.8 Å². The lowest BCUT2D eigenvalue weighted by Gasteiger charge is -2.32. The summed E-state index contributed by atoms with van der Waals surface area (Å²) in [5.41, 5.74) is 2.30. The van der Waals surface area contributed by atoms with Gasteiger partial charge in [-0.25, -0.2) is 4.79 Å². The summed E-state index contributed by atoms with van der Waals surface area (Å²) in [5.74, 6) is 1.58. The maximum Gasteiger partial charge on any atom is 0.329 e. The highest BCUT2D eigenvalue weighted by atomic mass is 16.7. The van der Waals surface area contributed by atoms with E-state index in [2.05, 4.69) is 11.1 Å². The van der Waals surface area contributed by atoms with E-state index in [1.165, 1.54) is 15.0 Å². The topological polar surface area (TPSA) is 98.1 Å². The number of amides is 1. The van der Waals surface area contributed by atoms with Gasteiger partial charge in [0.1, 0.15) is 6.54 Å². The predicted octanol–water partition coefficient (Wildman–Crippen LogP) is 1.01. The van der Waals surface area contributed by atoms with Crippen molar-refractivity contribution in [1.82, 2.24) is 14.5 Å². The smallest absolute Gasteiger partial charge is 0.329 e. The number of aromatic nitrogens is 2. The van der Waals surface area contributed by atoms with Gasteiger partial charge in [0.2, 0.25) is 6.79 Å². The zero-order chi connectivity index (χ0) is 25.4. The molecule has 2 aliphatic rings. The summed E-state index contributed by atoms with van der Waals surface area (Å²) >= 11 is 0. The molecule has 0 bridgehead atoms. The molecule has 4 aromatic rings. The van der Waals surface area contributed by atoms with Crippen LogP contribution in [0, 0.1) is 0 Å². The van der Waals surface area contributed by atoms with Crippen LogP contribution in [-0.4, -0.2) is 53.3 Å². The third-order valence-electron chi connectivity index (χ3n) is 7.08. The number of hydrogen-bond acceptors (Lipinski definition) is 5. The van der Waals surface area contributed by atoms with Gasteiger partial charge in [-0.1, -0.05) is 24.3 Å². The second-order valence-corrected chi connectivity index (χ2v) is 9.47. The molecule has 3 heterocycles. The van der Waals surface area contributed by atoms with E-state index in [1.54, 1.807) is 48.5 Å². The van der Waals surface area contributed by atoms with Crippen molar-refractivity contribution in [3.8, 4) is 11.5 Å². The molecule has 1 amide bonds. The summed E-state index contributed by atoms with van der Waals surface area (Å²) in [6, 6.07) is 20.1. The molecule has 3 aromatic carbocycles. The van der Waals surface area contributed by atoms with Crippen LogP contribution in [-0.2, 0) is 13.1 Å². The minimum absolute atomic E-state index is 0.00519. The number of piperazine rings is 1. The fraction of sp³-hybridized carbons (Fsp3) is 0.250. The van der Waals surface area contributed by atoms with Gasteiger partial charge < -0.3 is 24.3 Å². The molecule has 2 aliphatic heterocycles. The fourth-order valence-electron chi connectivity index (χ4n) is 5.00. The zero-order valence-electron chi connectivity index (χ0n) is 20.2. The van der Waals surface area contributed by atoms with Crippen LogP contribution in [0.15, 0.2) is 76.3 Å². The molecule has 1 fully saturated rings. The fourth-order valence-corrected chi connectivity index (χ4v) is 5.00. The number of carbonyl (C=O) groups is 1. The number of fused-ring (bicyclic) bond motifs is 2. The Labute approximate surface area is 212 Å². The summed E-state index contributed by atoms with van der Waals surface area (Å²) < 4.78 is 12.0.